The van der Waals surface area contributed by atoms with E-state index in [1.165, 1.54) is 17.7 Å². The van der Waals surface area contributed by atoms with Gasteiger partial charge in [-0.2, -0.15) is 11.8 Å². The third-order valence-corrected chi connectivity index (χ3v) is 3.79. The molecule has 0 bridgehead atoms. The average molecular weight is 275 g/mol. The second-order valence-electron chi connectivity index (χ2n) is 4.70. The molecular formula is C15H21N3S. The Bertz CT molecular complexity index is 465. The van der Waals surface area contributed by atoms with E-state index in [9.17, 15) is 0 Å². The molecule has 1 unspecified atom stereocenters. The fourth-order valence-electron chi connectivity index (χ4n) is 1.89. The van der Waals surface area contributed by atoms with Crippen LogP contribution in [0.3, 0.4) is 0 Å². The average Bonchev–Trinajstić information content (AvgIpc) is 2.97. The predicted molar refractivity (Wildman–Crippen MR) is 82.9 cm³/mol. The van der Waals surface area contributed by atoms with Gasteiger partial charge < -0.3 is 9.88 Å². The Labute approximate surface area is 119 Å². The van der Waals surface area contributed by atoms with Gasteiger partial charge in [-0.15, -0.1) is 0 Å². The third-order valence-electron chi connectivity index (χ3n) is 3.15. The van der Waals surface area contributed by atoms with Gasteiger partial charge in [0.25, 0.3) is 0 Å². The predicted octanol–water partition coefficient (Wildman–Crippen LogP) is 3.10. The molecule has 1 N–H and O–H groups in total. The van der Waals surface area contributed by atoms with Crippen molar-refractivity contribution in [1.29, 1.82) is 0 Å². The lowest BCUT2D eigenvalue weighted by Crippen LogP contribution is -2.25. The van der Waals surface area contributed by atoms with E-state index < -0.39 is 0 Å². The van der Waals surface area contributed by atoms with Crippen molar-refractivity contribution in [2.45, 2.75) is 25.9 Å². The van der Waals surface area contributed by atoms with Crippen LogP contribution in [0, 0.1) is 0 Å². The first kappa shape index (κ1) is 14.2. The van der Waals surface area contributed by atoms with E-state index in [1.807, 2.05) is 28.9 Å². The maximum atomic E-state index is 4.06. The monoisotopic (exact) mass is 275 g/mol. The van der Waals surface area contributed by atoms with Crippen LogP contribution in [0.4, 0.5) is 0 Å². The molecule has 0 amide bonds. The molecule has 0 aliphatic carbocycles. The minimum atomic E-state index is 0.570. The highest BCUT2D eigenvalue weighted by Gasteiger charge is 2.01. The number of imidazole rings is 1. The summed E-state index contributed by atoms with van der Waals surface area (Å²) in [6.07, 6.45) is 8.94. The zero-order valence-corrected chi connectivity index (χ0v) is 12.4. The summed E-state index contributed by atoms with van der Waals surface area (Å²) in [5.41, 5.74) is 2.47. The molecule has 0 saturated carbocycles. The van der Waals surface area contributed by atoms with Crippen LogP contribution in [0.15, 0.2) is 43.0 Å². The van der Waals surface area contributed by atoms with Crippen molar-refractivity contribution in [1.82, 2.24) is 14.9 Å². The minimum Gasteiger partial charge on any atom is -0.310 e. The Morgan fingerprint density at radius 1 is 1.32 bits per heavy atom. The van der Waals surface area contributed by atoms with Crippen LogP contribution in [0.5, 0.6) is 0 Å². The number of rotatable bonds is 7. The highest BCUT2D eigenvalue weighted by Crippen LogP contribution is 2.09. The number of benzene rings is 1. The zero-order valence-electron chi connectivity index (χ0n) is 11.5. The first-order valence-corrected chi connectivity index (χ1v) is 7.98. The fourth-order valence-corrected chi connectivity index (χ4v) is 2.48. The van der Waals surface area contributed by atoms with Crippen LogP contribution in [0.1, 0.15) is 18.9 Å². The summed E-state index contributed by atoms with van der Waals surface area (Å²) in [6, 6.07) is 9.17. The molecule has 2 aromatic rings. The molecule has 0 aliphatic heterocycles. The van der Waals surface area contributed by atoms with Gasteiger partial charge in [0, 0.05) is 30.7 Å². The Kier molecular flexibility index (Phi) is 5.48. The molecule has 0 spiro atoms. The first-order valence-electron chi connectivity index (χ1n) is 6.59. The summed E-state index contributed by atoms with van der Waals surface area (Å²) in [6.45, 7) is 3.18. The lowest BCUT2D eigenvalue weighted by atomic mass is 10.2. The molecule has 1 aromatic heterocycles. The first-order chi connectivity index (χ1) is 9.29. The van der Waals surface area contributed by atoms with E-state index in [0.29, 0.717) is 6.04 Å². The Morgan fingerprint density at radius 3 is 2.74 bits per heavy atom. The lowest BCUT2D eigenvalue weighted by Gasteiger charge is -2.13. The molecule has 1 atom stereocenters. The number of nitrogens with one attached hydrogen (secondary N) is 1. The number of aromatic nitrogens is 2. The quantitative estimate of drug-likeness (QED) is 0.842. The summed E-state index contributed by atoms with van der Waals surface area (Å²) in [5.74, 6) is 1.22. The van der Waals surface area contributed by atoms with Crippen LogP contribution < -0.4 is 5.32 Å². The SMILES string of the molecule is CSCCC(C)NCc1ccc(-n2ccnc2)cc1. The molecular weight excluding hydrogens is 254 g/mol. The van der Waals surface area contributed by atoms with Crippen molar-refractivity contribution in [3.63, 3.8) is 0 Å². The van der Waals surface area contributed by atoms with Crippen molar-refractivity contribution in [3.05, 3.63) is 48.5 Å². The summed E-state index contributed by atoms with van der Waals surface area (Å²) < 4.78 is 2.01. The Balaban J connectivity index is 1.85. The van der Waals surface area contributed by atoms with Crippen molar-refractivity contribution in [2.75, 3.05) is 12.0 Å². The van der Waals surface area contributed by atoms with E-state index in [1.54, 1.807) is 6.20 Å². The van der Waals surface area contributed by atoms with Gasteiger partial charge in [0.1, 0.15) is 0 Å². The van der Waals surface area contributed by atoms with E-state index in [4.69, 9.17) is 0 Å². The van der Waals surface area contributed by atoms with E-state index in [0.717, 1.165) is 12.2 Å². The van der Waals surface area contributed by atoms with Crippen molar-refractivity contribution >= 4 is 11.8 Å². The minimum absolute atomic E-state index is 0.570. The number of hydrogen-bond acceptors (Lipinski definition) is 3. The molecule has 1 heterocycles. The smallest absolute Gasteiger partial charge is 0.0991 e. The van der Waals surface area contributed by atoms with Crippen LogP contribution in [-0.4, -0.2) is 27.6 Å². The summed E-state index contributed by atoms with van der Waals surface area (Å²) in [5, 5.41) is 3.56. The maximum absolute atomic E-state index is 4.06. The van der Waals surface area contributed by atoms with Crippen molar-refractivity contribution < 1.29 is 0 Å². The van der Waals surface area contributed by atoms with Gasteiger partial charge in [-0.25, -0.2) is 4.98 Å². The molecule has 0 saturated heterocycles. The zero-order chi connectivity index (χ0) is 13.5. The second kappa shape index (κ2) is 7.36. The molecule has 3 nitrogen and oxygen atoms in total. The summed E-state index contributed by atoms with van der Waals surface area (Å²) in [4.78, 5) is 4.06. The molecule has 0 aliphatic rings. The van der Waals surface area contributed by atoms with Crippen LogP contribution in [-0.2, 0) is 6.54 Å². The standard InChI is InChI=1S/C15H21N3S/c1-13(7-10-19-2)17-11-14-3-5-15(6-4-14)18-9-8-16-12-18/h3-6,8-9,12-13,17H,7,10-11H2,1-2H3. The van der Waals surface area contributed by atoms with Gasteiger partial charge in [-0.3, -0.25) is 0 Å². The van der Waals surface area contributed by atoms with Crippen LogP contribution in [0.2, 0.25) is 0 Å². The number of thioether (sulfide) groups is 1. The molecule has 19 heavy (non-hydrogen) atoms. The van der Waals surface area contributed by atoms with Crippen LogP contribution in [0.25, 0.3) is 5.69 Å². The van der Waals surface area contributed by atoms with Gasteiger partial charge in [0.05, 0.1) is 6.33 Å². The molecule has 0 radical (unpaired) electrons. The highest BCUT2D eigenvalue weighted by molar-refractivity contribution is 7.98. The number of nitrogens with zero attached hydrogens (tertiary/aromatic N) is 2. The maximum Gasteiger partial charge on any atom is 0.0991 e. The van der Waals surface area contributed by atoms with E-state index in [2.05, 4.69) is 47.7 Å². The normalized spacial score (nSPS) is 12.5. The van der Waals surface area contributed by atoms with Crippen LogP contribution >= 0.6 is 11.8 Å². The molecule has 102 valence electrons. The molecule has 0 fully saturated rings. The van der Waals surface area contributed by atoms with Crippen molar-refractivity contribution in [2.24, 2.45) is 0 Å². The molecule has 1 aromatic carbocycles. The van der Waals surface area contributed by atoms with Crippen molar-refractivity contribution in [3.8, 4) is 5.69 Å². The summed E-state index contributed by atoms with van der Waals surface area (Å²) in [7, 11) is 0. The van der Waals surface area contributed by atoms with Gasteiger partial charge in [0.15, 0.2) is 0 Å². The Hall–Kier alpha value is -1.26. The largest absolute Gasteiger partial charge is 0.310 e. The topological polar surface area (TPSA) is 29.9 Å². The van der Waals surface area contributed by atoms with E-state index >= 15 is 0 Å². The molecule has 4 heteroatoms. The van der Waals surface area contributed by atoms with Gasteiger partial charge in [-0.1, -0.05) is 12.1 Å². The van der Waals surface area contributed by atoms with Gasteiger partial charge in [-0.05, 0) is 43.0 Å². The summed E-state index contributed by atoms with van der Waals surface area (Å²) >= 11 is 1.90. The second-order valence-corrected chi connectivity index (χ2v) is 5.69. The van der Waals surface area contributed by atoms with E-state index in [-0.39, 0.29) is 0 Å². The Morgan fingerprint density at radius 2 is 2.11 bits per heavy atom. The fraction of sp³-hybridized carbons (Fsp3) is 0.400. The highest BCUT2D eigenvalue weighted by atomic mass is 32.2. The van der Waals surface area contributed by atoms with Gasteiger partial charge in [0.2, 0.25) is 0 Å². The number of hydrogen-bond donors (Lipinski definition) is 1. The third kappa shape index (κ3) is 4.40. The molecule has 2 rings (SSSR count). The lowest BCUT2D eigenvalue weighted by molar-refractivity contribution is 0.537. The van der Waals surface area contributed by atoms with Gasteiger partial charge >= 0.3 is 0 Å².